The lowest BCUT2D eigenvalue weighted by Crippen LogP contribution is -2.02. The molecule has 0 amide bonds. The Labute approximate surface area is 350 Å². The highest BCUT2D eigenvalue weighted by Gasteiger charge is 2.19. The third-order valence-electron chi connectivity index (χ3n) is 11.6. The van der Waals surface area contributed by atoms with Crippen molar-refractivity contribution in [1.29, 1.82) is 0 Å². The number of benzene rings is 9. The molecule has 280 valence electrons. The van der Waals surface area contributed by atoms with Crippen LogP contribution in [0.25, 0.3) is 115 Å². The molecular weight excluding hydrogens is 749 g/mol. The van der Waals surface area contributed by atoms with Crippen molar-refractivity contribution in [2.45, 2.75) is 0 Å². The van der Waals surface area contributed by atoms with Gasteiger partial charge in [-0.05, 0) is 69.9 Å². The van der Waals surface area contributed by atoms with Crippen molar-refractivity contribution in [3.63, 3.8) is 0 Å². The zero-order chi connectivity index (χ0) is 39.6. The zero-order valence-electron chi connectivity index (χ0n) is 32.3. The lowest BCUT2D eigenvalue weighted by atomic mass is 10.00. The Kier molecular flexibility index (Phi) is 8.00. The first-order chi connectivity index (χ1) is 29.7. The van der Waals surface area contributed by atoms with Gasteiger partial charge in [0, 0.05) is 53.2 Å². The van der Waals surface area contributed by atoms with Crippen LogP contribution in [0.2, 0.25) is 0 Å². The van der Waals surface area contributed by atoms with Crippen molar-refractivity contribution < 1.29 is 0 Å². The van der Waals surface area contributed by atoms with Crippen LogP contribution in [0.3, 0.4) is 0 Å². The summed E-state index contributed by atoms with van der Waals surface area (Å²) in [4.78, 5) is 15.6. The Morgan fingerprint density at radius 3 is 1.55 bits per heavy atom. The van der Waals surface area contributed by atoms with E-state index in [0.717, 1.165) is 55.7 Å². The molecule has 60 heavy (non-hydrogen) atoms. The number of rotatable bonds is 6. The molecule has 0 unspecified atom stereocenters. The summed E-state index contributed by atoms with van der Waals surface area (Å²) in [5.74, 6) is 1.87. The molecule has 0 aliphatic carbocycles. The molecule has 0 spiro atoms. The highest BCUT2D eigenvalue weighted by Crippen LogP contribution is 2.41. The number of nitrogens with zero attached hydrogens (tertiary/aromatic N) is 4. The van der Waals surface area contributed by atoms with E-state index in [4.69, 9.17) is 15.0 Å². The lowest BCUT2D eigenvalue weighted by Gasteiger charge is -2.16. The van der Waals surface area contributed by atoms with E-state index in [1.165, 1.54) is 41.7 Å². The van der Waals surface area contributed by atoms with Crippen molar-refractivity contribution in [3.05, 3.63) is 206 Å². The summed E-state index contributed by atoms with van der Waals surface area (Å²) in [6, 6.07) is 73.4. The van der Waals surface area contributed by atoms with Crippen LogP contribution >= 0.6 is 11.3 Å². The van der Waals surface area contributed by atoms with E-state index in [9.17, 15) is 0 Å². The van der Waals surface area contributed by atoms with E-state index < -0.39 is 0 Å². The zero-order valence-corrected chi connectivity index (χ0v) is 33.1. The average Bonchev–Trinajstić information content (AvgIpc) is 3.85. The second-order valence-corrected chi connectivity index (χ2v) is 16.3. The van der Waals surface area contributed by atoms with Gasteiger partial charge in [-0.1, -0.05) is 164 Å². The molecule has 12 rings (SSSR count). The van der Waals surface area contributed by atoms with Gasteiger partial charge < -0.3 is 4.57 Å². The first-order valence-corrected chi connectivity index (χ1v) is 21.0. The van der Waals surface area contributed by atoms with Gasteiger partial charge in [0.2, 0.25) is 0 Å². The van der Waals surface area contributed by atoms with Gasteiger partial charge in [0.25, 0.3) is 0 Å². The van der Waals surface area contributed by atoms with Crippen molar-refractivity contribution in [3.8, 4) is 62.1 Å². The van der Waals surface area contributed by atoms with Crippen molar-refractivity contribution >= 4 is 64.1 Å². The monoisotopic (exact) mass is 782 g/mol. The Balaban J connectivity index is 1.02. The van der Waals surface area contributed by atoms with Gasteiger partial charge in [-0.25, -0.2) is 15.0 Å². The maximum Gasteiger partial charge on any atom is 0.164 e. The molecule has 5 heteroatoms. The van der Waals surface area contributed by atoms with E-state index in [2.05, 4.69) is 193 Å². The molecule has 3 heterocycles. The van der Waals surface area contributed by atoms with E-state index in [0.29, 0.717) is 17.5 Å². The molecule has 0 atom stereocenters. The highest BCUT2D eigenvalue weighted by atomic mass is 32.1. The predicted molar refractivity (Wildman–Crippen MR) is 252 cm³/mol. The Hall–Kier alpha value is -7.73. The minimum atomic E-state index is 0.616. The minimum Gasteiger partial charge on any atom is -0.309 e. The summed E-state index contributed by atoms with van der Waals surface area (Å²) in [6.07, 6.45) is 0. The second-order valence-electron chi connectivity index (χ2n) is 15.2. The molecular formula is C55H34N4S. The summed E-state index contributed by atoms with van der Waals surface area (Å²) in [7, 11) is 0. The Morgan fingerprint density at radius 2 is 0.833 bits per heavy atom. The van der Waals surface area contributed by atoms with Gasteiger partial charge in [-0.2, -0.15) is 0 Å². The van der Waals surface area contributed by atoms with E-state index in [1.807, 2.05) is 29.5 Å². The normalized spacial score (nSPS) is 11.7. The molecule has 0 N–H and O–H groups in total. The van der Waals surface area contributed by atoms with Gasteiger partial charge in [0.1, 0.15) is 0 Å². The smallest absolute Gasteiger partial charge is 0.164 e. The Morgan fingerprint density at radius 1 is 0.317 bits per heavy atom. The number of para-hydroxylation sites is 2. The molecule has 4 nitrogen and oxygen atoms in total. The Bertz CT molecular complexity index is 3550. The quantitative estimate of drug-likeness (QED) is 0.169. The molecule has 0 saturated carbocycles. The van der Waals surface area contributed by atoms with Crippen LogP contribution in [0.4, 0.5) is 0 Å². The molecule has 9 aromatic carbocycles. The lowest BCUT2D eigenvalue weighted by molar-refractivity contribution is 1.07. The van der Waals surface area contributed by atoms with Gasteiger partial charge in [-0.3, -0.25) is 0 Å². The summed E-state index contributed by atoms with van der Waals surface area (Å²) in [6.45, 7) is 0. The number of thiophene rings is 1. The van der Waals surface area contributed by atoms with E-state index >= 15 is 0 Å². The molecule has 0 bridgehead atoms. The highest BCUT2D eigenvalue weighted by molar-refractivity contribution is 7.25. The van der Waals surface area contributed by atoms with E-state index in [-0.39, 0.29) is 0 Å². The molecule has 0 fully saturated rings. The van der Waals surface area contributed by atoms with Crippen LogP contribution < -0.4 is 0 Å². The van der Waals surface area contributed by atoms with Crippen LogP contribution in [0.1, 0.15) is 0 Å². The number of fused-ring (bicyclic) bond motifs is 7. The van der Waals surface area contributed by atoms with Crippen molar-refractivity contribution in [1.82, 2.24) is 19.5 Å². The molecule has 0 aliphatic heterocycles. The fraction of sp³-hybridized carbons (Fsp3) is 0. The molecule has 3 aromatic heterocycles. The average molecular weight is 783 g/mol. The third kappa shape index (κ3) is 5.78. The fourth-order valence-electron chi connectivity index (χ4n) is 8.73. The molecule has 0 radical (unpaired) electrons. The van der Waals surface area contributed by atoms with Gasteiger partial charge in [0.15, 0.2) is 17.5 Å². The predicted octanol–water partition coefficient (Wildman–Crippen LogP) is 14.8. The van der Waals surface area contributed by atoms with E-state index in [1.54, 1.807) is 0 Å². The molecule has 0 aliphatic rings. The largest absolute Gasteiger partial charge is 0.309 e. The molecule has 0 saturated heterocycles. The summed E-state index contributed by atoms with van der Waals surface area (Å²) in [5.41, 5.74) is 10.7. The fourth-order valence-corrected chi connectivity index (χ4v) is 9.91. The number of aromatic nitrogens is 4. The SMILES string of the molecule is c1ccc(-c2nc(-c3cccc(-c4ccc5c(c4)sc4cc6ccccc6cc45)c3)nc(-c3ccc(-c4ccccc4)c(-n4c5ccccc5c5ccccc54)c3)n2)cc1. The van der Waals surface area contributed by atoms with Crippen molar-refractivity contribution in [2.75, 3.05) is 0 Å². The maximum absolute atomic E-state index is 5.26. The maximum atomic E-state index is 5.26. The standard InChI is InChI=1S/C55H34N4S/c1-3-14-35(15-4-1)43-28-27-42(32-50(43)59-48-24-11-9-22-44(48)45-23-10-12-25-49(45)59)55-57-53(36-16-5-2-6-17-36)56-54(58-55)41-21-13-20-37(30-41)40-26-29-46-47-31-38-18-7-8-19-39(38)33-52(47)60-51(46)34-40/h1-34H. The van der Waals surface area contributed by atoms with Gasteiger partial charge in [-0.15, -0.1) is 11.3 Å². The minimum absolute atomic E-state index is 0.616. The summed E-state index contributed by atoms with van der Waals surface area (Å²) in [5, 5.41) is 7.55. The number of hydrogen-bond acceptors (Lipinski definition) is 4. The number of hydrogen-bond donors (Lipinski definition) is 0. The van der Waals surface area contributed by atoms with Crippen molar-refractivity contribution in [2.24, 2.45) is 0 Å². The van der Waals surface area contributed by atoms with Crippen LogP contribution in [0, 0.1) is 0 Å². The summed E-state index contributed by atoms with van der Waals surface area (Å²) < 4.78 is 4.96. The van der Waals surface area contributed by atoms with Crippen LogP contribution in [0.15, 0.2) is 206 Å². The molecule has 12 aromatic rings. The van der Waals surface area contributed by atoms with Crippen LogP contribution in [-0.2, 0) is 0 Å². The summed E-state index contributed by atoms with van der Waals surface area (Å²) >= 11 is 1.85. The second kappa shape index (κ2) is 14.0. The van der Waals surface area contributed by atoms with Crippen LogP contribution in [-0.4, -0.2) is 19.5 Å². The third-order valence-corrected chi connectivity index (χ3v) is 12.7. The first-order valence-electron chi connectivity index (χ1n) is 20.2. The van der Waals surface area contributed by atoms with Gasteiger partial charge in [0.05, 0.1) is 16.7 Å². The topological polar surface area (TPSA) is 43.6 Å². The van der Waals surface area contributed by atoms with Crippen LogP contribution in [0.5, 0.6) is 0 Å². The first kappa shape index (κ1) is 34.3. The van der Waals surface area contributed by atoms with Gasteiger partial charge >= 0.3 is 0 Å².